The highest BCUT2D eigenvalue weighted by molar-refractivity contribution is 5.42. The summed E-state index contributed by atoms with van der Waals surface area (Å²) in [5.41, 5.74) is 9.71. The van der Waals surface area contributed by atoms with E-state index in [0.29, 0.717) is 21.7 Å². The van der Waals surface area contributed by atoms with Crippen molar-refractivity contribution in [2.45, 2.75) is 274 Å². The molecule has 0 saturated carbocycles. The van der Waals surface area contributed by atoms with Gasteiger partial charge in [0, 0.05) is 0 Å². The number of hydrogen-bond acceptors (Lipinski definition) is 0. The van der Waals surface area contributed by atoms with Crippen LogP contribution in [0.15, 0.2) is 42.5 Å². The minimum absolute atomic E-state index is 0.260. The van der Waals surface area contributed by atoms with E-state index in [2.05, 4.69) is 174 Å². The average Bonchev–Trinajstić information content (AvgIpc) is 3.11. The molecule has 2 rings (SSSR count). The van der Waals surface area contributed by atoms with E-state index in [0.717, 1.165) is 0 Å². The Balaban J connectivity index is 0.00000125. The molecule has 0 N–H and O–H groups in total. The van der Waals surface area contributed by atoms with Crippen LogP contribution in [-0.4, -0.2) is 0 Å². The molecule has 320 valence electrons. The standard InChI is InChI=1S/C36H66.C14H22.C5H12/c1-10-16-22-34(7,23-17-11-2)31-28-32(35(8,24-18-12-3)25-19-13-4)30-33(29-31)36(9,26-20-14-5)27-21-15-6;1-13(2,3)11-7-9-12(10-8-11)14(4,5)6;1-5(2,3)4/h28-30H,10-27H2,1-9H3;7-10H,1-6H3;1-4H3. The maximum atomic E-state index is 2.71. The van der Waals surface area contributed by atoms with Crippen LogP contribution in [0.25, 0.3) is 0 Å². The molecule has 0 heteroatoms. The Bertz CT molecular complexity index is 1080. The Morgan fingerprint density at radius 1 is 0.291 bits per heavy atom. The van der Waals surface area contributed by atoms with E-state index in [-0.39, 0.29) is 10.8 Å². The van der Waals surface area contributed by atoms with Crippen molar-refractivity contribution < 1.29 is 0 Å². The molecule has 0 fully saturated rings. The molecule has 0 amide bonds. The summed E-state index contributed by atoms with van der Waals surface area (Å²) >= 11 is 0. The van der Waals surface area contributed by atoms with Gasteiger partial charge in [-0.2, -0.15) is 0 Å². The van der Waals surface area contributed by atoms with Gasteiger partial charge in [-0.3, -0.25) is 0 Å². The topological polar surface area (TPSA) is 0 Å². The van der Waals surface area contributed by atoms with Crippen molar-refractivity contribution in [3.8, 4) is 0 Å². The lowest BCUT2D eigenvalue weighted by Crippen LogP contribution is -2.29. The number of benzene rings is 2. The Labute approximate surface area is 348 Å². The molecule has 0 aliphatic heterocycles. The van der Waals surface area contributed by atoms with Gasteiger partial charge >= 0.3 is 0 Å². The number of unbranched alkanes of at least 4 members (excludes halogenated alkanes) is 6. The first-order valence-corrected chi connectivity index (χ1v) is 23.7. The highest BCUT2D eigenvalue weighted by atomic mass is 14.4. The lowest BCUT2D eigenvalue weighted by Gasteiger charge is -2.38. The molecule has 0 aliphatic rings. The zero-order valence-corrected chi connectivity index (χ0v) is 41.3. The fraction of sp³-hybridized carbons (Fsp3) is 0.782. The smallest absolute Gasteiger partial charge is 0.00750 e. The van der Waals surface area contributed by atoms with Crippen molar-refractivity contribution in [1.82, 2.24) is 0 Å². The van der Waals surface area contributed by atoms with Gasteiger partial charge in [0.25, 0.3) is 0 Å². The highest BCUT2D eigenvalue weighted by Crippen LogP contribution is 2.45. The fourth-order valence-electron chi connectivity index (χ4n) is 7.79. The van der Waals surface area contributed by atoms with Crippen LogP contribution in [0.1, 0.15) is 275 Å². The summed E-state index contributed by atoms with van der Waals surface area (Å²) in [6.45, 7) is 44.2. The van der Waals surface area contributed by atoms with Crippen molar-refractivity contribution >= 4 is 0 Å². The summed E-state index contributed by atoms with van der Waals surface area (Å²) in [6.07, 6.45) is 23.8. The fourth-order valence-corrected chi connectivity index (χ4v) is 7.79. The van der Waals surface area contributed by atoms with Crippen LogP contribution in [0, 0.1) is 5.41 Å². The van der Waals surface area contributed by atoms with Crippen LogP contribution in [0.2, 0.25) is 0 Å². The molecule has 0 aliphatic carbocycles. The molecule has 2 aromatic carbocycles. The summed E-state index contributed by atoms with van der Waals surface area (Å²) in [5, 5.41) is 0. The van der Waals surface area contributed by atoms with E-state index in [1.807, 2.05) is 0 Å². The van der Waals surface area contributed by atoms with E-state index in [1.165, 1.54) is 127 Å². The molecular weight excluding hydrogens is 661 g/mol. The molecule has 0 aromatic heterocycles. The second-order valence-electron chi connectivity index (χ2n) is 22.2. The van der Waals surface area contributed by atoms with Gasteiger partial charge in [-0.1, -0.05) is 251 Å². The third-order valence-electron chi connectivity index (χ3n) is 12.1. The molecule has 0 heterocycles. The van der Waals surface area contributed by atoms with Gasteiger partial charge in [0.2, 0.25) is 0 Å². The Morgan fingerprint density at radius 3 is 0.582 bits per heavy atom. The zero-order valence-electron chi connectivity index (χ0n) is 41.3. The monoisotopic (exact) mass is 761 g/mol. The van der Waals surface area contributed by atoms with Crippen molar-refractivity contribution in [3.63, 3.8) is 0 Å². The van der Waals surface area contributed by atoms with Gasteiger partial charge in [-0.15, -0.1) is 0 Å². The molecule has 0 atom stereocenters. The van der Waals surface area contributed by atoms with E-state index in [1.54, 1.807) is 16.7 Å². The van der Waals surface area contributed by atoms with Crippen molar-refractivity contribution in [3.05, 3.63) is 70.3 Å². The maximum absolute atomic E-state index is 2.71. The van der Waals surface area contributed by atoms with Crippen LogP contribution in [0.4, 0.5) is 0 Å². The van der Waals surface area contributed by atoms with Crippen LogP contribution < -0.4 is 0 Å². The van der Waals surface area contributed by atoms with Gasteiger partial charge in [0.15, 0.2) is 0 Å². The summed E-state index contributed by atoms with van der Waals surface area (Å²) in [6, 6.07) is 17.1. The molecule has 0 spiro atoms. The van der Waals surface area contributed by atoms with E-state index >= 15 is 0 Å². The van der Waals surface area contributed by atoms with Crippen LogP contribution in [0.5, 0.6) is 0 Å². The minimum atomic E-state index is 0.260. The third kappa shape index (κ3) is 20.6. The number of hydrogen-bond donors (Lipinski definition) is 0. The van der Waals surface area contributed by atoms with Gasteiger partial charge in [0.05, 0.1) is 0 Å². The van der Waals surface area contributed by atoms with Gasteiger partial charge < -0.3 is 0 Å². The van der Waals surface area contributed by atoms with Gasteiger partial charge in [0.1, 0.15) is 0 Å². The van der Waals surface area contributed by atoms with Gasteiger partial charge in [-0.25, -0.2) is 0 Å². The third-order valence-corrected chi connectivity index (χ3v) is 12.1. The van der Waals surface area contributed by atoms with Gasteiger partial charge in [-0.05, 0) is 98.8 Å². The summed E-state index contributed by atoms with van der Waals surface area (Å²) in [4.78, 5) is 0. The quantitative estimate of drug-likeness (QED) is 0.119. The molecule has 2 aromatic rings. The maximum Gasteiger partial charge on any atom is -0.00750 e. The van der Waals surface area contributed by atoms with Crippen molar-refractivity contribution in [2.75, 3.05) is 0 Å². The number of rotatable bonds is 21. The summed E-state index contributed by atoms with van der Waals surface area (Å²) < 4.78 is 0. The molecule has 0 radical (unpaired) electrons. The second kappa shape index (κ2) is 25.0. The molecule has 0 saturated heterocycles. The van der Waals surface area contributed by atoms with Crippen LogP contribution in [-0.2, 0) is 27.1 Å². The normalized spacial score (nSPS) is 12.9. The van der Waals surface area contributed by atoms with Crippen molar-refractivity contribution in [1.29, 1.82) is 0 Å². The Morgan fingerprint density at radius 2 is 0.455 bits per heavy atom. The predicted molar refractivity (Wildman–Crippen MR) is 255 cm³/mol. The highest BCUT2D eigenvalue weighted by Gasteiger charge is 2.34. The first-order valence-electron chi connectivity index (χ1n) is 23.7. The average molecular weight is 761 g/mol. The molecule has 0 unspecified atom stereocenters. The van der Waals surface area contributed by atoms with Crippen LogP contribution in [0.3, 0.4) is 0 Å². The Hall–Kier alpha value is -1.56. The minimum Gasteiger partial charge on any atom is -0.0654 e. The molecule has 0 bridgehead atoms. The van der Waals surface area contributed by atoms with Crippen LogP contribution >= 0.6 is 0 Å². The summed E-state index contributed by atoms with van der Waals surface area (Å²) in [7, 11) is 0. The SMILES string of the molecule is CC(C)(C)C.CC(C)(C)c1ccc(C(C)(C)C)cc1.CCCCC(C)(CCCC)c1cc(C(C)(CCCC)CCCC)cc(C(C)(CCCC)CCCC)c1. The largest absolute Gasteiger partial charge is 0.0654 e. The van der Waals surface area contributed by atoms with Crippen molar-refractivity contribution in [2.24, 2.45) is 5.41 Å². The first kappa shape index (κ1) is 53.4. The zero-order chi connectivity index (χ0) is 42.6. The van der Waals surface area contributed by atoms with E-state index in [4.69, 9.17) is 0 Å². The first-order chi connectivity index (χ1) is 25.4. The Kier molecular flexibility index (Phi) is 24.3. The molecular formula is C55H100. The predicted octanol–water partition coefficient (Wildman–Crippen LogP) is 18.9. The lowest BCUT2D eigenvalue weighted by molar-refractivity contribution is 0.351. The van der Waals surface area contributed by atoms with E-state index in [9.17, 15) is 0 Å². The van der Waals surface area contributed by atoms with E-state index < -0.39 is 0 Å². The lowest BCUT2D eigenvalue weighted by atomic mass is 9.66. The second-order valence-corrected chi connectivity index (χ2v) is 22.2. The molecule has 0 nitrogen and oxygen atoms in total. The summed E-state index contributed by atoms with van der Waals surface area (Å²) in [5.74, 6) is 0. The molecule has 55 heavy (non-hydrogen) atoms.